The molecule has 7 nitrogen and oxygen atoms in total. The molecule has 2 aromatic carbocycles. The highest BCUT2D eigenvalue weighted by Crippen LogP contribution is 2.43. The molecule has 0 fully saturated rings. The van der Waals surface area contributed by atoms with E-state index in [4.69, 9.17) is 9.26 Å². The standard InChI is InChI=1S/C20H17N3O4S2/c1-12-21-19(27-22-12)18-15-9-10-26-11-16(15)28-20(18)23-29(24,25)17-8-4-6-13-5-2-3-7-14(13)17/h2-8,23H,9-11H2,1H3. The third kappa shape index (κ3) is 3.21. The number of hydrogen-bond acceptors (Lipinski definition) is 7. The molecule has 2 aromatic heterocycles. The van der Waals surface area contributed by atoms with Gasteiger partial charge in [-0.2, -0.15) is 4.98 Å². The maximum atomic E-state index is 13.3. The molecule has 29 heavy (non-hydrogen) atoms. The summed E-state index contributed by atoms with van der Waals surface area (Å²) in [6, 6.07) is 12.7. The quantitative estimate of drug-likeness (QED) is 0.526. The van der Waals surface area contributed by atoms with Crippen molar-refractivity contribution >= 4 is 37.1 Å². The van der Waals surface area contributed by atoms with E-state index >= 15 is 0 Å². The molecular weight excluding hydrogens is 410 g/mol. The Bertz CT molecular complexity index is 1320. The van der Waals surface area contributed by atoms with Crippen molar-refractivity contribution in [3.63, 3.8) is 0 Å². The number of fused-ring (bicyclic) bond motifs is 2. The topological polar surface area (TPSA) is 94.3 Å². The largest absolute Gasteiger partial charge is 0.376 e. The molecule has 3 heterocycles. The Balaban J connectivity index is 1.64. The van der Waals surface area contributed by atoms with Gasteiger partial charge in [-0.25, -0.2) is 8.42 Å². The fourth-order valence-electron chi connectivity index (χ4n) is 3.54. The zero-order valence-corrected chi connectivity index (χ0v) is 17.1. The highest BCUT2D eigenvalue weighted by molar-refractivity contribution is 7.93. The van der Waals surface area contributed by atoms with Gasteiger partial charge in [-0.05, 0) is 30.4 Å². The van der Waals surface area contributed by atoms with Gasteiger partial charge in [0.05, 0.1) is 23.7 Å². The predicted octanol–water partition coefficient (Wildman–Crippen LogP) is 4.13. The lowest BCUT2D eigenvalue weighted by Crippen LogP contribution is -2.13. The molecule has 1 aliphatic rings. The maximum Gasteiger partial charge on any atom is 0.263 e. The van der Waals surface area contributed by atoms with Crippen LogP contribution in [-0.4, -0.2) is 25.2 Å². The van der Waals surface area contributed by atoms with E-state index in [1.807, 2.05) is 24.3 Å². The van der Waals surface area contributed by atoms with E-state index in [1.54, 1.807) is 25.1 Å². The molecule has 0 aliphatic carbocycles. The third-order valence-electron chi connectivity index (χ3n) is 4.83. The van der Waals surface area contributed by atoms with Gasteiger partial charge in [0.15, 0.2) is 5.82 Å². The molecule has 0 unspecified atom stereocenters. The fraction of sp³-hybridized carbons (Fsp3) is 0.200. The van der Waals surface area contributed by atoms with Crippen LogP contribution >= 0.6 is 11.3 Å². The Hall–Kier alpha value is -2.75. The van der Waals surface area contributed by atoms with Crippen LogP contribution in [0, 0.1) is 6.92 Å². The van der Waals surface area contributed by atoms with E-state index in [0.717, 1.165) is 15.8 Å². The van der Waals surface area contributed by atoms with E-state index in [0.29, 0.717) is 47.3 Å². The first kappa shape index (κ1) is 18.3. The highest BCUT2D eigenvalue weighted by atomic mass is 32.2. The monoisotopic (exact) mass is 427 g/mol. The van der Waals surface area contributed by atoms with Gasteiger partial charge >= 0.3 is 0 Å². The molecule has 0 atom stereocenters. The number of thiophene rings is 1. The lowest BCUT2D eigenvalue weighted by atomic mass is 10.1. The first-order valence-electron chi connectivity index (χ1n) is 9.06. The highest BCUT2D eigenvalue weighted by Gasteiger charge is 2.29. The lowest BCUT2D eigenvalue weighted by molar-refractivity contribution is 0.113. The number of rotatable bonds is 4. The number of nitrogens with zero attached hydrogens (tertiary/aromatic N) is 2. The van der Waals surface area contributed by atoms with Crippen LogP contribution in [0.2, 0.25) is 0 Å². The molecule has 1 aliphatic heterocycles. The summed E-state index contributed by atoms with van der Waals surface area (Å²) < 4.78 is 40.3. The zero-order valence-electron chi connectivity index (χ0n) is 15.5. The number of aromatic nitrogens is 2. The van der Waals surface area contributed by atoms with Crippen molar-refractivity contribution in [3.05, 3.63) is 58.7 Å². The van der Waals surface area contributed by atoms with E-state index in [1.165, 1.54) is 11.3 Å². The second kappa shape index (κ2) is 6.94. The molecule has 9 heteroatoms. The molecule has 0 saturated heterocycles. The van der Waals surface area contributed by atoms with Crippen LogP contribution in [0.15, 0.2) is 51.9 Å². The summed E-state index contributed by atoms with van der Waals surface area (Å²) in [5.41, 5.74) is 1.65. The number of hydrogen-bond donors (Lipinski definition) is 1. The molecule has 0 spiro atoms. The van der Waals surface area contributed by atoms with Gasteiger partial charge in [-0.15, -0.1) is 11.3 Å². The average Bonchev–Trinajstić information content (AvgIpc) is 3.29. The van der Waals surface area contributed by atoms with Gasteiger partial charge in [0.2, 0.25) is 0 Å². The molecule has 1 N–H and O–H groups in total. The average molecular weight is 428 g/mol. The van der Waals surface area contributed by atoms with Crippen LogP contribution in [0.3, 0.4) is 0 Å². The Kier molecular flexibility index (Phi) is 4.38. The SMILES string of the molecule is Cc1noc(-c2c(NS(=O)(=O)c3cccc4ccccc34)sc3c2CCOC3)n1. The first-order chi connectivity index (χ1) is 14.0. The fourth-order valence-corrected chi connectivity index (χ4v) is 6.25. The first-order valence-corrected chi connectivity index (χ1v) is 11.4. The van der Waals surface area contributed by atoms with Crippen molar-refractivity contribution in [2.75, 3.05) is 11.3 Å². The Morgan fingerprint density at radius 3 is 2.79 bits per heavy atom. The third-order valence-corrected chi connectivity index (χ3v) is 7.49. The number of nitrogens with one attached hydrogen (secondary N) is 1. The number of anilines is 1. The van der Waals surface area contributed by atoms with E-state index in [9.17, 15) is 8.42 Å². The van der Waals surface area contributed by atoms with Gasteiger partial charge in [0.1, 0.15) is 5.00 Å². The minimum absolute atomic E-state index is 0.228. The summed E-state index contributed by atoms with van der Waals surface area (Å²) in [6.45, 7) is 2.74. The van der Waals surface area contributed by atoms with Crippen molar-refractivity contribution < 1.29 is 17.7 Å². The van der Waals surface area contributed by atoms with Crippen molar-refractivity contribution in [2.24, 2.45) is 0 Å². The van der Waals surface area contributed by atoms with Crippen LogP contribution in [0.5, 0.6) is 0 Å². The number of sulfonamides is 1. The number of aryl methyl sites for hydroxylation is 1. The van der Waals surface area contributed by atoms with Crippen LogP contribution in [-0.2, 0) is 27.8 Å². The lowest BCUT2D eigenvalue weighted by Gasteiger charge is -2.12. The molecule has 0 saturated carbocycles. The second-order valence-electron chi connectivity index (χ2n) is 6.74. The van der Waals surface area contributed by atoms with Crippen molar-refractivity contribution in [2.45, 2.75) is 24.8 Å². The minimum Gasteiger partial charge on any atom is -0.376 e. The Morgan fingerprint density at radius 1 is 1.14 bits per heavy atom. The molecule has 0 bridgehead atoms. The summed E-state index contributed by atoms with van der Waals surface area (Å²) in [5, 5.41) is 5.87. The Labute approximate surface area is 171 Å². The van der Waals surface area contributed by atoms with E-state index in [-0.39, 0.29) is 4.90 Å². The molecular formula is C20H17N3O4S2. The van der Waals surface area contributed by atoms with Crippen LogP contribution in [0.25, 0.3) is 22.2 Å². The maximum absolute atomic E-state index is 13.3. The molecule has 148 valence electrons. The molecule has 4 aromatic rings. The van der Waals surface area contributed by atoms with Crippen molar-refractivity contribution in [1.29, 1.82) is 0 Å². The van der Waals surface area contributed by atoms with Gasteiger partial charge < -0.3 is 9.26 Å². The summed E-state index contributed by atoms with van der Waals surface area (Å²) >= 11 is 1.35. The van der Waals surface area contributed by atoms with Crippen LogP contribution in [0.1, 0.15) is 16.3 Å². The summed E-state index contributed by atoms with van der Waals surface area (Å²) in [5.74, 6) is 0.812. The molecule has 0 amide bonds. The second-order valence-corrected chi connectivity index (χ2v) is 9.50. The normalized spacial score (nSPS) is 14.1. The molecule has 5 rings (SSSR count). The van der Waals surface area contributed by atoms with Crippen molar-refractivity contribution in [1.82, 2.24) is 10.1 Å². The summed E-state index contributed by atoms with van der Waals surface area (Å²) in [7, 11) is -3.83. The van der Waals surface area contributed by atoms with E-state index in [2.05, 4.69) is 14.9 Å². The number of ether oxygens (including phenoxy) is 1. The summed E-state index contributed by atoms with van der Waals surface area (Å²) in [4.78, 5) is 5.53. The van der Waals surface area contributed by atoms with Gasteiger partial charge in [0.25, 0.3) is 15.9 Å². The van der Waals surface area contributed by atoms with Gasteiger partial charge in [-0.3, -0.25) is 4.72 Å². The van der Waals surface area contributed by atoms with Gasteiger partial charge in [-0.1, -0.05) is 41.6 Å². The smallest absolute Gasteiger partial charge is 0.263 e. The predicted molar refractivity (Wildman–Crippen MR) is 110 cm³/mol. The van der Waals surface area contributed by atoms with E-state index < -0.39 is 10.0 Å². The van der Waals surface area contributed by atoms with Crippen molar-refractivity contribution in [3.8, 4) is 11.5 Å². The summed E-state index contributed by atoms with van der Waals surface area (Å²) in [6.07, 6.45) is 0.665. The van der Waals surface area contributed by atoms with Crippen LogP contribution in [0.4, 0.5) is 5.00 Å². The minimum atomic E-state index is -3.83. The Morgan fingerprint density at radius 2 is 1.97 bits per heavy atom. The zero-order chi connectivity index (χ0) is 20.0. The van der Waals surface area contributed by atoms with Gasteiger partial charge in [0, 0.05) is 10.3 Å². The molecule has 0 radical (unpaired) electrons. The van der Waals surface area contributed by atoms with Crippen LogP contribution < -0.4 is 4.72 Å². The number of benzene rings is 2.